The fourth-order valence-corrected chi connectivity index (χ4v) is 1.86. The van der Waals surface area contributed by atoms with E-state index in [9.17, 15) is 0 Å². The van der Waals surface area contributed by atoms with E-state index in [4.69, 9.17) is 0 Å². The Labute approximate surface area is 74.8 Å². The maximum absolute atomic E-state index is 2.31. The summed E-state index contributed by atoms with van der Waals surface area (Å²) >= 11 is 0. The highest BCUT2D eigenvalue weighted by atomic mass is 79.9. The van der Waals surface area contributed by atoms with Gasteiger partial charge in [-0.2, -0.15) is 0 Å². The van der Waals surface area contributed by atoms with Crippen LogP contribution in [0.4, 0.5) is 0 Å². The quantitative estimate of drug-likeness (QED) is 0.492. The van der Waals surface area contributed by atoms with E-state index in [0.717, 1.165) is 0 Å². The Morgan fingerprint density at radius 1 is 1.00 bits per heavy atom. The Morgan fingerprint density at radius 3 is 1.60 bits per heavy atom. The van der Waals surface area contributed by atoms with E-state index in [1.807, 2.05) is 0 Å². The zero-order chi connectivity index (χ0) is 6.74. The summed E-state index contributed by atoms with van der Waals surface area (Å²) in [6.07, 6.45) is 2.92. The Balaban J connectivity index is 0.000000810. The molecule has 0 unspecified atom stereocenters. The Kier molecular flexibility index (Phi) is 4.54. The molecule has 0 aromatic carbocycles. The van der Waals surface area contributed by atoms with Crippen LogP contribution >= 0.6 is 0 Å². The highest BCUT2D eigenvalue weighted by molar-refractivity contribution is 4.51. The van der Waals surface area contributed by atoms with Gasteiger partial charge < -0.3 is 21.5 Å². The van der Waals surface area contributed by atoms with Gasteiger partial charge in [0.25, 0.3) is 0 Å². The lowest BCUT2D eigenvalue weighted by atomic mass is 10.4. The third-order valence-corrected chi connectivity index (χ3v) is 2.86. The molecule has 1 rings (SSSR count). The predicted molar refractivity (Wildman–Crippen MR) is 40.3 cm³/mol. The second-order valence-electron chi connectivity index (χ2n) is 3.13. The van der Waals surface area contributed by atoms with E-state index in [0.29, 0.717) is 0 Å². The van der Waals surface area contributed by atoms with Crippen LogP contribution < -0.4 is 17.0 Å². The molecule has 1 aliphatic heterocycles. The van der Waals surface area contributed by atoms with Gasteiger partial charge in [-0.05, 0) is 13.8 Å². The molecule has 62 valence electrons. The summed E-state index contributed by atoms with van der Waals surface area (Å²) in [6.45, 7) is 10.2. The van der Waals surface area contributed by atoms with Gasteiger partial charge in [-0.15, -0.1) is 0 Å². The molecule has 0 spiro atoms. The van der Waals surface area contributed by atoms with Gasteiger partial charge in [-0.25, -0.2) is 0 Å². The molecule has 1 fully saturated rings. The van der Waals surface area contributed by atoms with Crippen molar-refractivity contribution in [1.82, 2.24) is 0 Å². The number of hydrogen-bond acceptors (Lipinski definition) is 0. The number of quaternary nitrogens is 1. The first-order valence-corrected chi connectivity index (χ1v) is 4.18. The Morgan fingerprint density at radius 2 is 1.40 bits per heavy atom. The van der Waals surface area contributed by atoms with Crippen molar-refractivity contribution in [2.75, 3.05) is 26.2 Å². The third-order valence-electron chi connectivity index (χ3n) is 2.86. The fourth-order valence-electron chi connectivity index (χ4n) is 1.86. The first-order chi connectivity index (χ1) is 4.33. The normalized spacial score (nSPS) is 22.2. The summed E-state index contributed by atoms with van der Waals surface area (Å²) < 4.78 is 1.39. The van der Waals surface area contributed by atoms with E-state index in [1.165, 1.54) is 43.5 Å². The monoisotopic (exact) mass is 207 g/mol. The average molecular weight is 208 g/mol. The molecule has 0 saturated carbocycles. The molecule has 0 bridgehead atoms. The van der Waals surface area contributed by atoms with Crippen LogP contribution in [0.25, 0.3) is 0 Å². The second kappa shape index (κ2) is 4.35. The summed E-state index contributed by atoms with van der Waals surface area (Å²) in [6, 6.07) is 0. The van der Waals surface area contributed by atoms with Gasteiger partial charge in [0.1, 0.15) is 0 Å². The van der Waals surface area contributed by atoms with E-state index in [2.05, 4.69) is 13.8 Å². The minimum Gasteiger partial charge on any atom is -1.00 e. The molecular weight excluding hydrogens is 190 g/mol. The lowest BCUT2D eigenvalue weighted by Crippen LogP contribution is -3.00. The van der Waals surface area contributed by atoms with Gasteiger partial charge in [0.2, 0.25) is 0 Å². The highest BCUT2D eigenvalue weighted by Crippen LogP contribution is 2.17. The van der Waals surface area contributed by atoms with Gasteiger partial charge in [0.05, 0.1) is 26.2 Å². The van der Waals surface area contributed by atoms with Crippen molar-refractivity contribution in [3.8, 4) is 0 Å². The van der Waals surface area contributed by atoms with Crippen molar-refractivity contribution in [2.45, 2.75) is 26.7 Å². The van der Waals surface area contributed by atoms with Crippen molar-refractivity contribution >= 4 is 0 Å². The lowest BCUT2D eigenvalue weighted by Gasteiger charge is -2.31. The van der Waals surface area contributed by atoms with Crippen LogP contribution in [-0.4, -0.2) is 30.7 Å². The summed E-state index contributed by atoms with van der Waals surface area (Å²) in [4.78, 5) is 0. The molecule has 1 heterocycles. The molecule has 1 saturated heterocycles. The van der Waals surface area contributed by atoms with Crippen LogP contribution in [0.15, 0.2) is 0 Å². The summed E-state index contributed by atoms with van der Waals surface area (Å²) in [5.74, 6) is 0. The van der Waals surface area contributed by atoms with Crippen LogP contribution in [0.5, 0.6) is 0 Å². The second-order valence-corrected chi connectivity index (χ2v) is 3.13. The molecule has 1 aliphatic rings. The van der Waals surface area contributed by atoms with Crippen molar-refractivity contribution < 1.29 is 21.5 Å². The molecular formula is C8H18BrN. The van der Waals surface area contributed by atoms with E-state index >= 15 is 0 Å². The maximum atomic E-state index is 2.31. The Hall–Kier alpha value is 0.440. The van der Waals surface area contributed by atoms with E-state index in [1.54, 1.807) is 0 Å². The minimum absolute atomic E-state index is 0. The first-order valence-electron chi connectivity index (χ1n) is 4.18. The molecule has 0 amide bonds. The number of hydrogen-bond donors (Lipinski definition) is 0. The van der Waals surface area contributed by atoms with Crippen LogP contribution in [0.1, 0.15) is 26.7 Å². The van der Waals surface area contributed by atoms with E-state index in [-0.39, 0.29) is 17.0 Å². The molecule has 0 aliphatic carbocycles. The molecule has 0 atom stereocenters. The molecule has 2 heteroatoms. The smallest absolute Gasteiger partial charge is 0.0788 e. The van der Waals surface area contributed by atoms with Crippen molar-refractivity contribution in [3.05, 3.63) is 0 Å². The predicted octanol–water partition coefficient (Wildman–Crippen LogP) is -1.36. The standard InChI is InChI=1S/C8H18N.BrH/c1-3-9(4-2)7-5-6-8-9;/h3-8H2,1-2H3;1H/q+1;/p-1. The molecule has 0 aromatic heterocycles. The molecule has 0 aromatic rings. The Bertz CT molecular complexity index is 81.3. The average Bonchev–Trinajstić information content (AvgIpc) is 2.36. The zero-order valence-corrected chi connectivity index (χ0v) is 8.65. The van der Waals surface area contributed by atoms with Crippen LogP contribution in [0.3, 0.4) is 0 Å². The SMILES string of the molecule is CC[N+]1(CC)CCCC1.[Br-]. The minimum atomic E-state index is 0. The summed E-state index contributed by atoms with van der Waals surface area (Å²) in [5.41, 5.74) is 0. The molecule has 10 heavy (non-hydrogen) atoms. The van der Waals surface area contributed by atoms with Crippen molar-refractivity contribution in [3.63, 3.8) is 0 Å². The van der Waals surface area contributed by atoms with Crippen LogP contribution in [0.2, 0.25) is 0 Å². The molecule has 0 N–H and O–H groups in total. The topological polar surface area (TPSA) is 0 Å². The summed E-state index contributed by atoms with van der Waals surface area (Å²) in [7, 11) is 0. The van der Waals surface area contributed by atoms with Crippen molar-refractivity contribution in [2.24, 2.45) is 0 Å². The molecule has 0 radical (unpaired) electrons. The highest BCUT2D eigenvalue weighted by Gasteiger charge is 2.27. The van der Waals surface area contributed by atoms with Crippen LogP contribution in [0, 0.1) is 0 Å². The van der Waals surface area contributed by atoms with Gasteiger partial charge in [-0.1, -0.05) is 0 Å². The number of rotatable bonds is 2. The van der Waals surface area contributed by atoms with Gasteiger partial charge in [0.15, 0.2) is 0 Å². The van der Waals surface area contributed by atoms with Gasteiger partial charge in [-0.3, -0.25) is 0 Å². The fraction of sp³-hybridized carbons (Fsp3) is 1.00. The number of halogens is 1. The third kappa shape index (κ3) is 1.96. The summed E-state index contributed by atoms with van der Waals surface area (Å²) in [5, 5.41) is 0. The lowest BCUT2D eigenvalue weighted by molar-refractivity contribution is -0.913. The molecule has 1 nitrogen and oxygen atoms in total. The largest absolute Gasteiger partial charge is 1.00 e. The van der Waals surface area contributed by atoms with Crippen molar-refractivity contribution in [1.29, 1.82) is 0 Å². The number of nitrogens with zero attached hydrogens (tertiary/aromatic N) is 1. The first kappa shape index (κ1) is 10.4. The maximum Gasteiger partial charge on any atom is 0.0788 e. The number of likely N-dealkylation sites (tertiary alicyclic amines) is 1. The van der Waals surface area contributed by atoms with E-state index < -0.39 is 0 Å². The van der Waals surface area contributed by atoms with Gasteiger partial charge >= 0.3 is 0 Å². The zero-order valence-electron chi connectivity index (χ0n) is 7.07. The van der Waals surface area contributed by atoms with Gasteiger partial charge in [0, 0.05) is 12.8 Å². The van der Waals surface area contributed by atoms with Crippen LogP contribution in [-0.2, 0) is 0 Å².